The van der Waals surface area contributed by atoms with Crippen molar-refractivity contribution < 1.29 is 37.9 Å². The topological polar surface area (TPSA) is 195 Å². The van der Waals surface area contributed by atoms with Gasteiger partial charge in [-0.05, 0) is 12.5 Å². The SMILES string of the molecule is [B]NPOC(=O)NC(=NC1CN(CC2=C(C(=O)OPN[B])N3C(=O)C([C@@H](C)O)[C@H]3[C@H]2C)C1)NC(=O)OPN[B]. The molecular weight excluding hydrogens is 570 g/mol. The van der Waals surface area contributed by atoms with Gasteiger partial charge in [-0.25, -0.2) is 19.4 Å². The smallest absolute Gasteiger partial charge is 0.417 e. The highest BCUT2D eigenvalue weighted by Crippen LogP contribution is 2.48. The van der Waals surface area contributed by atoms with E-state index in [2.05, 4.69) is 30.6 Å². The molecule has 3 rings (SSSR count). The number of amides is 3. The molecular formula is C17H26B3N8O8P3. The minimum Gasteiger partial charge on any atom is -0.428 e. The summed E-state index contributed by atoms with van der Waals surface area (Å²) in [5, 5.41) is 14.7. The maximum absolute atomic E-state index is 12.8. The average molecular weight is 596 g/mol. The second kappa shape index (κ2) is 14.7. The summed E-state index contributed by atoms with van der Waals surface area (Å²) in [6, 6.07) is -0.700. The van der Waals surface area contributed by atoms with Gasteiger partial charge >= 0.3 is 18.2 Å². The Kier molecular flexibility index (Phi) is 12.0. The third kappa shape index (κ3) is 7.68. The van der Waals surface area contributed by atoms with E-state index in [1.165, 1.54) is 4.90 Å². The highest BCUT2D eigenvalue weighted by Gasteiger charge is 2.60. The Morgan fingerprint density at radius 2 is 1.59 bits per heavy atom. The van der Waals surface area contributed by atoms with E-state index < -0.39 is 57.1 Å². The Bertz CT molecular complexity index is 998. The number of guanidine groups is 1. The normalized spacial score (nSPS) is 24.1. The zero-order valence-electron chi connectivity index (χ0n) is 20.9. The van der Waals surface area contributed by atoms with Gasteiger partial charge in [0.15, 0.2) is 23.9 Å². The maximum Gasteiger partial charge on any atom is 0.417 e. The van der Waals surface area contributed by atoms with Crippen molar-refractivity contribution in [2.45, 2.75) is 32.0 Å². The van der Waals surface area contributed by atoms with Gasteiger partial charge in [0.25, 0.3) is 0 Å². The molecule has 3 aliphatic heterocycles. The van der Waals surface area contributed by atoms with Gasteiger partial charge in [-0.1, -0.05) is 6.92 Å². The van der Waals surface area contributed by atoms with Gasteiger partial charge < -0.3 is 38.6 Å². The molecule has 2 saturated heterocycles. The summed E-state index contributed by atoms with van der Waals surface area (Å²) in [6.45, 7) is 4.57. The molecule has 206 valence electrons. The van der Waals surface area contributed by atoms with Gasteiger partial charge in [0.05, 0.1) is 24.1 Å². The number of aliphatic hydroxyl groups excluding tert-OH is 1. The van der Waals surface area contributed by atoms with E-state index in [0.29, 0.717) is 25.2 Å². The number of hydrogen-bond acceptors (Lipinski definition) is 13. The molecule has 6 radical (unpaired) electrons. The molecule has 22 heteroatoms. The molecule has 7 atom stereocenters. The lowest BCUT2D eigenvalue weighted by atomic mass is 9.77. The van der Waals surface area contributed by atoms with Gasteiger partial charge in [-0.2, -0.15) is 0 Å². The van der Waals surface area contributed by atoms with Crippen molar-refractivity contribution in [3.63, 3.8) is 0 Å². The molecule has 3 amide bonds. The van der Waals surface area contributed by atoms with Crippen LogP contribution in [0.4, 0.5) is 9.59 Å². The molecule has 0 spiro atoms. The highest BCUT2D eigenvalue weighted by atomic mass is 31.1. The first-order valence-electron chi connectivity index (χ1n) is 11.5. The van der Waals surface area contributed by atoms with Crippen LogP contribution in [-0.4, -0.2) is 107 Å². The van der Waals surface area contributed by atoms with Gasteiger partial charge in [0.2, 0.25) is 11.9 Å². The van der Waals surface area contributed by atoms with Crippen LogP contribution in [0.3, 0.4) is 0 Å². The molecule has 6 N–H and O–H groups in total. The Balaban J connectivity index is 1.69. The Morgan fingerprint density at radius 3 is 2.10 bits per heavy atom. The predicted octanol–water partition coefficient (Wildman–Crippen LogP) is -2.32. The van der Waals surface area contributed by atoms with Crippen LogP contribution in [-0.2, 0) is 23.2 Å². The van der Waals surface area contributed by atoms with Crippen LogP contribution >= 0.6 is 26.9 Å². The molecule has 0 bridgehead atoms. The molecule has 16 nitrogen and oxygen atoms in total. The van der Waals surface area contributed by atoms with Crippen LogP contribution in [0.1, 0.15) is 13.8 Å². The van der Waals surface area contributed by atoms with Gasteiger partial charge in [0.1, 0.15) is 32.6 Å². The summed E-state index contributed by atoms with van der Waals surface area (Å²) in [6.07, 6.45) is -2.70. The van der Waals surface area contributed by atoms with Crippen LogP contribution in [0.5, 0.6) is 0 Å². The van der Waals surface area contributed by atoms with E-state index in [0.717, 1.165) is 0 Å². The summed E-state index contributed by atoms with van der Waals surface area (Å²) in [4.78, 5) is 63.7. The van der Waals surface area contributed by atoms with Crippen molar-refractivity contribution in [1.29, 1.82) is 0 Å². The van der Waals surface area contributed by atoms with E-state index >= 15 is 0 Å². The zero-order valence-corrected chi connectivity index (χ0v) is 23.9. The molecule has 0 aromatic rings. The first-order valence-corrected chi connectivity index (χ1v) is 14.2. The minimum atomic E-state index is -0.913. The second-order valence-electron chi connectivity index (χ2n) is 8.61. The lowest BCUT2D eigenvalue weighted by Gasteiger charge is -2.46. The standard InChI is InChI=1S/C17H26B3N8O8P3/c1-6-9(12(14(31)34-37-24-18)28-11(6)10(7(2)29)13(28)30)5-27-3-8(4-27)21-15(22-16(32)35-38-25-19)23-17(33)36-39-26-20/h6-8,10-11,24-26,29,37-39H,3-5H2,1-2H3,(H2,21,22,23,32,33)/t6-,7+,10?,11+/m0/s1. The fraction of sp³-hybridized carbons (Fsp3) is 0.588. The van der Waals surface area contributed by atoms with E-state index in [1.54, 1.807) is 6.92 Å². The lowest BCUT2D eigenvalue weighted by Crippen LogP contribution is -2.63. The highest BCUT2D eigenvalue weighted by molar-refractivity contribution is 7.32. The molecule has 0 aromatic carbocycles. The number of carbonyl (C=O) groups excluding carboxylic acids is 4. The number of aliphatic imine (C=N–C) groups is 1. The first-order chi connectivity index (χ1) is 18.6. The van der Waals surface area contributed by atoms with Crippen molar-refractivity contribution in [2.24, 2.45) is 16.8 Å². The quantitative estimate of drug-likeness (QED) is 0.0373. The predicted molar refractivity (Wildman–Crippen MR) is 147 cm³/mol. The number of aliphatic hydroxyl groups is 1. The van der Waals surface area contributed by atoms with Crippen molar-refractivity contribution >= 4 is 80.8 Å². The minimum absolute atomic E-state index is 0.155. The number of hydrogen-bond donors (Lipinski definition) is 6. The van der Waals surface area contributed by atoms with Crippen LogP contribution in [0.2, 0.25) is 0 Å². The summed E-state index contributed by atoms with van der Waals surface area (Å²) in [7, 11) is 13.9. The maximum atomic E-state index is 12.8. The van der Waals surface area contributed by atoms with Crippen molar-refractivity contribution in [3.8, 4) is 0 Å². The molecule has 2 fully saturated rings. The van der Waals surface area contributed by atoms with Crippen molar-refractivity contribution in [2.75, 3.05) is 19.6 Å². The van der Waals surface area contributed by atoms with E-state index in [1.807, 2.05) is 11.8 Å². The summed E-state index contributed by atoms with van der Waals surface area (Å²) < 4.78 is 14.7. The van der Waals surface area contributed by atoms with Crippen LogP contribution < -0.4 is 25.6 Å². The van der Waals surface area contributed by atoms with E-state index in [4.69, 9.17) is 37.5 Å². The monoisotopic (exact) mass is 596 g/mol. The van der Waals surface area contributed by atoms with E-state index in [9.17, 15) is 24.3 Å². The van der Waals surface area contributed by atoms with Crippen molar-refractivity contribution in [1.82, 2.24) is 35.4 Å². The van der Waals surface area contributed by atoms with Crippen LogP contribution in [0, 0.1) is 11.8 Å². The van der Waals surface area contributed by atoms with E-state index in [-0.39, 0.29) is 35.6 Å². The molecule has 39 heavy (non-hydrogen) atoms. The number of likely N-dealkylation sites (tertiary alicyclic amines) is 1. The van der Waals surface area contributed by atoms with Crippen molar-refractivity contribution in [3.05, 3.63) is 11.3 Å². The lowest BCUT2D eigenvalue weighted by molar-refractivity contribution is -0.162. The molecule has 3 heterocycles. The number of nitrogens with one attached hydrogen (secondary N) is 5. The largest absolute Gasteiger partial charge is 0.428 e. The van der Waals surface area contributed by atoms with Gasteiger partial charge in [-0.15, -0.1) is 0 Å². The molecule has 0 aromatic heterocycles. The average Bonchev–Trinajstić information content (AvgIpc) is 3.10. The number of β-lactam (4-membered cyclic amide) rings is 1. The first kappa shape index (κ1) is 31.7. The Hall–Kier alpha value is -1.83. The van der Waals surface area contributed by atoms with Gasteiger partial charge in [-0.3, -0.25) is 20.3 Å². The molecule has 3 aliphatic rings. The third-order valence-electron chi connectivity index (χ3n) is 6.20. The molecule has 0 saturated carbocycles. The molecule has 0 aliphatic carbocycles. The number of fused-ring (bicyclic) bond motifs is 1. The zero-order chi connectivity index (χ0) is 28.7. The fourth-order valence-corrected chi connectivity index (χ4v) is 5.29. The number of carbonyl (C=O) groups is 4. The number of rotatable bonds is 11. The summed E-state index contributed by atoms with van der Waals surface area (Å²) in [5.74, 6) is -2.06. The molecule has 4 unspecified atom stereocenters. The Morgan fingerprint density at radius 1 is 1.05 bits per heavy atom. The summed E-state index contributed by atoms with van der Waals surface area (Å²) >= 11 is 0. The van der Waals surface area contributed by atoms with Crippen LogP contribution in [0.15, 0.2) is 16.3 Å². The second-order valence-corrected chi connectivity index (χ2v) is 10.7. The third-order valence-corrected chi connectivity index (χ3v) is 7.42. The number of nitrogens with zero attached hydrogens (tertiary/aromatic N) is 3. The Labute approximate surface area is 234 Å². The van der Waals surface area contributed by atoms with Crippen LogP contribution in [0.25, 0.3) is 0 Å². The summed E-state index contributed by atoms with van der Waals surface area (Å²) in [5.41, 5.74) is 0.849. The fourth-order valence-electron chi connectivity index (χ4n) is 4.64. The van der Waals surface area contributed by atoms with Gasteiger partial charge in [0, 0.05) is 25.6 Å².